The van der Waals surface area contributed by atoms with E-state index in [4.69, 9.17) is 0 Å². The first-order valence-electron chi connectivity index (χ1n) is 9.70. The zero-order chi connectivity index (χ0) is 19.0. The molecule has 7 heteroatoms. The van der Waals surface area contributed by atoms with E-state index in [-0.39, 0.29) is 11.0 Å². The summed E-state index contributed by atoms with van der Waals surface area (Å²) < 4.78 is 1.74. The molecular weight excluding hydrogens is 340 g/mol. The third-order valence-electron chi connectivity index (χ3n) is 5.76. The number of nitrogens with zero attached hydrogens (tertiary/aromatic N) is 6. The summed E-state index contributed by atoms with van der Waals surface area (Å²) in [6, 6.07) is 2.15. The van der Waals surface area contributed by atoms with Crippen LogP contribution in [0, 0.1) is 11.8 Å². The molecule has 0 saturated carbocycles. The van der Waals surface area contributed by atoms with Crippen LogP contribution in [0.25, 0.3) is 0 Å². The van der Waals surface area contributed by atoms with E-state index in [0.29, 0.717) is 11.8 Å². The van der Waals surface area contributed by atoms with Crippen LogP contribution in [-0.4, -0.2) is 57.1 Å². The number of likely N-dealkylation sites (tertiary alicyclic amines) is 1. The van der Waals surface area contributed by atoms with Gasteiger partial charge in [0.15, 0.2) is 0 Å². The fourth-order valence-corrected chi connectivity index (χ4v) is 4.20. The first kappa shape index (κ1) is 18.1. The molecule has 144 valence electrons. The highest BCUT2D eigenvalue weighted by atomic mass is 16.1. The van der Waals surface area contributed by atoms with Crippen LogP contribution < -0.4 is 10.5 Å². The van der Waals surface area contributed by atoms with Gasteiger partial charge in [0.1, 0.15) is 12.1 Å². The van der Waals surface area contributed by atoms with E-state index in [0.717, 1.165) is 50.8 Å². The molecule has 2 aliphatic heterocycles. The SMILES string of the molecule is CC(C)(C)c1cc(N2CC3CN(CCn4ccncc4=O)CC3C2)ncn1. The van der Waals surface area contributed by atoms with Crippen molar-refractivity contribution in [1.82, 2.24) is 24.4 Å². The molecule has 0 N–H and O–H groups in total. The maximum atomic E-state index is 11.8. The van der Waals surface area contributed by atoms with Crippen molar-refractivity contribution >= 4 is 5.82 Å². The van der Waals surface area contributed by atoms with Gasteiger partial charge in [-0.1, -0.05) is 20.8 Å². The zero-order valence-corrected chi connectivity index (χ0v) is 16.4. The van der Waals surface area contributed by atoms with Crippen LogP contribution in [0.2, 0.25) is 0 Å². The van der Waals surface area contributed by atoms with Crippen LogP contribution >= 0.6 is 0 Å². The largest absolute Gasteiger partial charge is 0.356 e. The van der Waals surface area contributed by atoms with E-state index in [1.807, 2.05) is 0 Å². The Hall–Kier alpha value is -2.28. The lowest BCUT2D eigenvalue weighted by Gasteiger charge is -2.24. The molecule has 0 spiro atoms. The summed E-state index contributed by atoms with van der Waals surface area (Å²) in [6.07, 6.45) is 6.52. The minimum atomic E-state index is -0.0264. The van der Waals surface area contributed by atoms with Gasteiger partial charge in [-0.3, -0.25) is 9.78 Å². The Labute approximate surface area is 160 Å². The van der Waals surface area contributed by atoms with Gasteiger partial charge in [0.25, 0.3) is 5.56 Å². The zero-order valence-electron chi connectivity index (χ0n) is 16.4. The quantitative estimate of drug-likeness (QED) is 0.813. The van der Waals surface area contributed by atoms with Crippen LogP contribution in [0.15, 0.2) is 35.8 Å². The van der Waals surface area contributed by atoms with Crippen molar-refractivity contribution < 1.29 is 0 Å². The van der Waals surface area contributed by atoms with Gasteiger partial charge >= 0.3 is 0 Å². The lowest BCUT2D eigenvalue weighted by Crippen LogP contribution is -2.33. The minimum absolute atomic E-state index is 0.0264. The van der Waals surface area contributed by atoms with Gasteiger partial charge in [-0.15, -0.1) is 0 Å². The summed E-state index contributed by atoms with van der Waals surface area (Å²) >= 11 is 0. The van der Waals surface area contributed by atoms with Crippen LogP contribution in [0.4, 0.5) is 5.82 Å². The van der Waals surface area contributed by atoms with Gasteiger partial charge in [-0.05, 0) is 11.8 Å². The first-order valence-corrected chi connectivity index (χ1v) is 9.70. The Morgan fingerprint density at radius 3 is 2.48 bits per heavy atom. The summed E-state index contributed by atoms with van der Waals surface area (Å²) in [5.41, 5.74) is 1.10. The summed E-state index contributed by atoms with van der Waals surface area (Å²) in [5, 5.41) is 0. The Kier molecular flexibility index (Phi) is 4.72. The summed E-state index contributed by atoms with van der Waals surface area (Å²) in [7, 11) is 0. The van der Waals surface area contributed by atoms with Crippen molar-refractivity contribution in [3.05, 3.63) is 47.0 Å². The van der Waals surface area contributed by atoms with Crippen molar-refractivity contribution in [1.29, 1.82) is 0 Å². The number of anilines is 1. The van der Waals surface area contributed by atoms with Crippen LogP contribution in [0.5, 0.6) is 0 Å². The predicted molar refractivity (Wildman–Crippen MR) is 105 cm³/mol. The van der Waals surface area contributed by atoms with Crippen molar-refractivity contribution in [2.45, 2.75) is 32.7 Å². The fourth-order valence-electron chi connectivity index (χ4n) is 4.20. The van der Waals surface area contributed by atoms with Gasteiger partial charge in [0, 0.05) is 63.1 Å². The Morgan fingerprint density at radius 1 is 1.07 bits per heavy atom. The third-order valence-corrected chi connectivity index (χ3v) is 5.76. The molecule has 4 heterocycles. The van der Waals surface area contributed by atoms with E-state index in [1.165, 1.54) is 6.20 Å². The Balaban J connectivity index is 1.35. The highest BCUT2D eigenvalue weighted by molar-refractivity contribution is 5.42. The number of aromatic nitrogens is 4. The number of rotatable bonds is 4. The molecule has 2 aromatic rings. The van der Waals surface area contributed by atoms with Gasteiger partial charge < -0.3 is 14.4 Å². The second kappa shape index (κ2) is 7.03. The molecule has 2 aliphatic rings. The highest BCUT2D eigenvalue weighted by Crippen LogP contribution is 2.34. The average Bonchev–Trinajstić information content (AvgIpc) is 3.19. The summed E-state index contributed by atoms with van der Waals surface area (Å²) in [6.45, 7) is 12.5. The molecule has 27 heavy (non-hydrogen) atoms. The number of hydrogen-bond donors (Lipinski definition) is 0. The molecule has 2 aromatic heterocycles. The third kappa shape index (κ3) is 3.88. The van der Waals surface area contributed by atoms with Crippen molar-refractivity contribution in [2.24, 2.45) is 11.8 Å². The Bertz CT molecular complexity index is 844. The summed E-state index contributed by atoms with van der Waals surface area (Å²) in [4.78, 5) is 29.5. The molecule has 0 aliphatic carbocycles. The second-order valence-electron chi connectivity index (χ2n) is 8.80. The molecule has 2 unspecified atom stereocenters. The van der Waals surface area contributed by atoms with E-state index in [2.05, 4.69) is 51.6 Å². The van der Waals surface area contributed by atoms with E-state index < -0.39 is 0 Å². The molecule has 2 atom stereocenters. The molecular formula is C20H28N6O. The molecule has 0 radical (unpaired) electrons. The van der Waals surface area contributed by atoms with Gasteiger partial charge in [-0.2, -0.15) is 0 Å². The van der Waals surface area contributed by atoms with E-state index in [9.17, 15) is 4.79 Å². The number of fused-ring (bicyclic) bond motifs is 1. The van der Waals surface area contributed by atoms with Gasteiger partial charge in [0.2, 0.25) is 0 Å². The average molecular weight is 368 g/mol. The lowest BCUT2D eigenvalue weighted by atomic mass is 9.92. The van der Waals surface area contributed by atoms with Gasteiger partial charge in [0.05, 0.1) is 11.9 Å². The molecule has 0 bridgehead atoms. The highest BCUT2D eigenvalue weighted by Gasteiger charge is 2.40. The second-order valence-corrected chi connectivity index (χ2v) is 8.80. The maximum Gasteiger partial charge on any atom is 0.269 e. The standard InChI is InChI=1S/C20H28N6O/c1-20(2,3)17-8-18(23-14-22-17)26-12-15-10-24(11-16(15)13-26)6-7-25-5-4-21-9-19(25)27/h4-5,8-9,14-16H,6-7,10-13H2,1-3H3. The molecule has 7 nitrogen and oxygen atoms in total. The smallest absolute Gasteiger partial charge is 0.269 e. The molecule has 2 saturated heterocycles. The molecule has 4 rings (SSSR count). The first-order chi connectivity index (χ1) is 12.9. The summed E-state index contributed by atoms with van der Waals surface area (Å²) in [5.74, 6) is 2.40. The normalized spacial score (nSPS) is 23.0. The van der Waals surface area contributed by atoms with Crippen LogP contribution in [0.1, 0.15) is 26.5 Å². The Morgan fingerprint density at radius 2 is 1.81 bits per heavy atom. The predicted octanol–water partition coefficient (Wildman–Crippen LogP) is 1.40. The lowest BCUT2D eigenvalue weighted by molar-refractivity contribution is 0.300. The van der Waals surface area contributed by atoms with Crippen molar-refractivity contribution in [3.8, 4) is 0 Å². The maximum absolute atomic E-state index is 11.8. The number of hydrogen-bond acceptors (Lipinski definition) is 6. The van der Waals surface area contributed by atoms with E-state index in [1.54, 1.807) is 23.3 Å². The molecule has 0 aromatic carbocycles. The molecule has 0 amide bonds. The van der Waals surface area contributed by atoms with Gasteiger partial charge in [-0.25, -0.2) is 9.97 Å². The van der Waals surface area contributed by atoms with Crippen LogP contribution in [0.3, 0.4) is 0 Å². The topological polar surface area (TPSA) is 67.2 Å². The van der Waals surface area contributed by atoms with Crippen molar-refractivity contribution in [2.75, 3.05) is 37.6 Å². The molecule has 2 fully saturated rings. The monoisotopic (exact) mass is 368 g/mol. The van der Waals surface area contributed by atoms with Crippen molar-refractivity contribution in [3.63, 3.8) is 0 Å². The van der Waals surface area contributed by atoms with E-state index >= 15 is 0 Å². The fraction of sp³-hybridized carbons (Fsp3) is 0.600. The van der Waals surface area contributed by atoms with Crippen LogP contribution in [-0.2, 0) is 12.0 Å². The minimum Gasteiger partial charge on any atom is -0.356 e.